The number of hydrogen-bond donors (Lipinski definition) is 1. The maximum Gasteiger partial charge on any atom is 0.267 e. The lowest BCUT2D eigenvalue weighted by Gasteiger charge is -2.09. The molecule has 0 saturated heterocycles. The number of rotatable bonds is 4. The summed E-state index contributed by atoms with van der Waals surface area (Å²) in [6.45, 7) is -0.311. The molecule has 0 bridgehead atoms. The number of amides is 1. The molecule has 0 unspecified atom stereocenters. The van der Waals surface area contributed by atoms with Crippen molar-refractivity contribution >= 4 is 27.5 Å². The van der Waals surface area contributed by atoms with Gasteiger partial charge >= 0.3 is 0 Å². The minimum absolute atomic E-state index is 0.0421. The summed E-state index contributed by atoms with van der Waals surface area (Å²) in [5.74, 6) is -1.11. The summed E-state index contributed by atoms with van der Waals surface area (Å²) < 4.78 is 15.4. The highest BCUT2D eigenvalue weighted by molar-refractivity contribution is 9.10. The van der Waals surface area contributed by atoms with E-state index >= 15 is 0 Å². The van der Waals surface area contributed by atoms with Gasteiger partial charge in [-0.3, -0.25) is 9.59 Å². The molecule has 3 aromatic rings. The molecule has 7 heteroatoms. The quantitative estimate of drug-likeness (QED) is 0.727. The summed E-state index contributed by atoms with van der Waals surface area (Å²) in [6, 6.07) is 16.5. The van der Waals surface area contributed by atoms with Gasteiger partial charge in [0, 0.05) is 16.1 Å². The van der Waals surface area contributed by atoms with Crippen molar-refractivity contribution in [2.45, 2.75) is 6.54 Å². The second-order valence-corrected chi connectivity index (χ2v) is 6.17. The van der Waals surface area contributed by atoms with E-state index in [2.05, 4.69) is 26.3 Å². The molecule has 5 nitrogen and oxygen atoms in total. The molecule has 0 fully saturated rings. The van der Waals surface area contributed by atoms with E-state index in [1.807, 2.05) is 30.3 Å². The number of carbonyl (C=O) groups excluding carboxylic acids is 1. The van der Waals surface area contributed by atoms with Crippen LogP contribution in [0, 0.1) is 5.82 Å². The number of nitrogens with zero attached hydrogens (tertiary/aromatic N) is 2. The number of carbonyl (C=O) groups is 1. The molecule has 2 aromatic carbocycles. The fourth-order valence-electron chi connectivity index (χ4n) is 2.24. The largest absolute Gasteiger partial charge is 0.322 e. The second kappa shape index (κ2) is 7.40. The Morgan fingerprint density at radius 1 is 1.12 bits per heavy atom. The van der Waals surface area contributed by atoms with Crippen LogP contribution in [-0.4, -0.2) is 15.7 Å². The van der Waals surface area contributed by atoms with Crippen LogP contribution in [0.2, 0.25) is 0 Å². The summed E-state index contributed by atoms with van der Waals surface area (Å²) >= 11 is 3.15. The predicted octanol–water partition coefficient (Wildman–Crippen LogP) is 3.45. The SMILES string of the molecule is O=C(Cn1nc(-c2ccccc2)ccc1=O)Nc1ccc(Br)cc1F. The van der Waals surface area contributed by atoms with Crippen LogP contribution in [-0.2, 0) is 11.3 Å². The van der Waals surface area contributed by atoms with E-state index in [4.69, 9.17) is 0 Å². The number of aromatic nitrogens is 2. The highest BCUT2D eigenvalue weighted by Gasteiger charge is 2.11. The molecular formula is C18H13BrFN3O2. The molecular weight excluding hydrogens is 389 g/mol. The van der Waals surface area contributed by atoms with Crippen LogP contribution in [0.1, 0.15) is 0 Å². The number of anilines is 1. The number of hydrogen-bond acceptors (Lipinski definition) is 3. The average Bonchev–Trinajstić information content (AvgIpc) is 2.60. The molecule has 1 aromatic heterocycles. The smallest absolute Gasteiger partial charge is 0.267 e. The summed E-state index contributed by atoms with van der Waals surface area (Å²) in [7, 11) is 0. The van der Waals surface area contributed by atoms with Crippen molar-refractivity contribution in [3.63, 3.8) is 0 Å². The maximum atomic E-state index is 13.8. The molecule has 1 amide bonds. The first-order valence-corrected chi connectivity index (χ1v) is 8.21. The Kier molecular flexibility index (Phi) is 5.04. The van der Waals surface area contributed by atoms with E-state index in [1.54, 1.807) is 12.1 Å². The van der Waals surface area contributed by atoms with Crippen molar-refractivity contribution in [1.82, 2.24) is 9.78 Å². The van der Waals surface area contributed by atoms with Gasteiger partial charge in [-0.05, 0) is 24.3 Å². The highest BCUT2D eigenvalue weighted by atomic mass is 79.9. The van der Waals surface area contributed by atoms with Crippen molar-refractivity contribution < 1.29 is 9.18 Å². The Morgan fingerprint density at radius 2 is 1.88 bits per heavy atom. The van der Waals surface area contributed by atoms with E-state index in [9.17, 15) is 14.0 Å². The van der Waals surface area contributed by atoms with E-state index in [1.165, 1.54) is 18.2 Å². The summed E-state index contributed by atoms with van der Waals surface area (Å²) in [5, 5.41) is 6.64. The van der Waals surface area contributed by atoms with Crippen LogP contribution in [0.15, 0.2) is 69.9 Å². The molecule has 0 saturated carbocycles. The Balaban J connectivity index is 1.80. The molecule has 126 valence electrons. The minimum atomic E-state index is -0.568. The Labute approximate surface area is 151 Å². The predicted molar refractivity (Wildman–Crippen MR) is 96.7 cm³/mol. The number of halogens is 2. The van der Waals surface area contributed by atoms with Crippen LogP contribution in [0.25, 0.3) is 11.3 Å². The van der Waals surface area contributed by atoms with Crippen molar-refractivity contribution in [3.05, 3.63) is 81.3 Å². The zero-order valence-electron chi connectivity index (χ0n) is 12.9. The Morgan fingerprint density at radius 3 is 2.60 bits per heavy atom. The lowest BCUT2D eigenvalue weighted by Crippen LogP contribution is -2.29. The molecule has 0 aliphatic rings. The van der Waals surface area contributed by atoms with Gasteiger partial charge in [-0.2, -0.15) is 5.10 Å². The molecule has 0 aliphatic carbocycles. The first-order valence-electron chi connectivity index (χ1n) is 7.41. The summed E-state index contributed by atoms with van der Waals surface area (Å²) in [6.07, 6.45) is 0. The zero-order chi connectivity index (χ0) is 17.8. The number of benzene rings is 2. The Hall–Kier alpha value is -2.80. The fourth-order valence-corrected chi connectivity index (χ4v) is 2.57. The first-order chi connectivity index (χ1) is 12.0. The van der Waals surface area contributed by atoms with E-state index in [0.717, 1.165) is 10.2 Å². The average molecular weight is 402 g/mol. The van der Waals surface area contributed by atoms with Crippen molar-refractivity contribution in [3.8, 4) is 11.3 Å². The standard InChI is InChI=1S/C18H13BrFN3O2/c19-13-6-7-16(14(20)10-13)21-17(24)11-23-18(25)9-8-15(22-23)12-4-2-1-3-5-12/h1-10H,11H2,(H,21,24). The van der Waals surface area contributed by atoms with Crippen molar-refractivity contribution in [2.24, 2.45) is 0 Å². The van der Waals surface area contributed by atoms with Crippen molar-refractivity contribution in [2.75, 3.05) is 5.32 Å². The van der Waals surface area contributed by atoms with Gasteiger partial charge in [-0.25, -0.2) is 9.07 Å². The van der Waals surface area contributed by atoms with Crippen LogP contribution in [0.4, 0.5) is 10.1 Å². The molecule has 1 N–H and O–H groups in total. The van der Waals surface area contributed by atoms with Crippen molar-refractivity contribution in [1.29, 1.82) is 0 Å². The zero-order valence-corrected chi connectivity index (χ0v) is 14.5. The van der Waals surface area contributed by atoms with Gasteiger partial charge in [-0.1, -0.05) is 46.3 Å². The van der Waals surface area contributed by atoms with Gasteiger partial charge in [-0.15, -0.1) is 0 Å². The third-order valence-corrected chi connectivity index (χ3v) is 3.93. The topological polar surface area (TPSA) is 64.0 Å². The third-order valence-electron chi connectivity index (χ3n) is 3.43. The monoisotopic (exact) mass is 401 g/mol. The normalized spacial score (nSPS) is 10.5. The number of nitrogens with one attached hydrogen (secondary N) is 1. The van der Waals surface area contributed by atoms with Crippen LogP contribution in [0.5, 0.6) is 0 Å². The summed E-state index contributed by atoms with van der Waals surface area (Å²) in [4.78, 5) is 24.1. The molecule has 1 heterocycles. The van der Waals surface area contributed by atoms with Gasteiger partial charge < -0.3 is 5.32 Å². The van der Waals surface area contributed by atoms with Gasteiger partial charge in [0.1, 0.15) is 12.4 Å². The maximum absolute atomic E-state index is 13.8. The van der Waals surface area contributed by atoms with Crippen LogP contribution in [0.3, 0.4) is 0 Å². The Bertz CT molecular complexity index is 974. The lowest BCUT2D eigenvalue weighted by atomic mass is 10.1. The molecule has 0 radical (unpaired) electrons. The molecule has 3 rings (SSSR count). The molecule has 0 aliphatic heterocycles. The van der Waals surface area contributed by atoms with Gasteiger partial charge in [0.25, 0.3) is 5.56 Å². The first kappa shape index (κ1) is 17.0. The van der Waals surface area contributed by atoms with E-state index < -0.39 is 17.3 Å². The van der Waals surface area contributed by atoms with Gasteiger partial charge in [0.2, 0.25) is 5.91 Å². The lowest BCUT2D eigenvalue weighted by molar-refractivity contribution is -0.117. The molecule has 0 spiro atoms. The van der Waals surface area contributed by atoms with Gasteiger partial charge in [0.05, 0.1) is 11.4 Å². The third kappa shape index (κ3) is 4.19. The van der Waals surface area contributed by atoms with Crippen LogP contribution < -0.4 is 10.9 Å². The molecule has 0 atom stereocenters. The molecule has 25 heavy (non-hydrogen) atoms. The van der Waals surface area contributed by atoms with Crippen LogP contribution >= 0.6 is 15.9 Å². The highest BCUT2D eigenvalue weighted by Crippen LogP contribution is 2.19. The van der Waals surface area contributed by atoms with E-state index in [0.29, 0.717) is 10.2 Å². The summed E-state index contributed by atoms with van der Waals surface area (Å²) in [5.41, 5.74) is 1.03. The fraction of sp³-hybridized carbons (Fsp3) is 0.0556. The van der Waals surface area contributed by atoms with Gasteiger partial charge in [0.15, 0.2) is 0 Å². The second-order valence-electron chi connectivity index (χ2n) is 5.25. The minimum Gasteiger partial charge on any atom is -0.322 e. The van der Waals surface area contributed by atoms with E-state index in [-0.39, 0.29) is 12.2 Å².